The zero-order valence-corrected chi connectivity index (χ0v) is 12.4. The lowest BCUT2D eigenvalue weighted by Gasteiger charge is -2.24. The van der Waals surface area contributed by atoms with Gasteiger partial charge < -0.3 is 5.32 Å². The molecule has 0 radical (unpaired) electrons. The molecule has 0 aliphatic heterocycles. The summed E-state index contributed by atoms with van der Waals surface area (Å²) in [7, 11) is 1.99. The highest BCUT2D eigenvalue weighted by molar-refractivity contribution is 5.23. The Bertz CT molecular complexity index is 336. The Kier molecular flexibility index (Phi) is 6.99. The Balaban J connectivity index is 2.60. The maximum atomic E-state index is 3.21. The minimum atomic E-state index is 0.783. The molecule has 0 saturated carbocycles. The maximum absolute atomic E-state index is 3.21. The number of nitrogens with zero attached hydrogens (tertiary/aromatic N) is 1. The molecule has 0 saturated heterocycles. The van der Waals surface area contributed by atoms with Crippen LogP contribution in [0.15, 0.2) is 24.3 Å². The van der Waals surface area contributed by atoms with Gasteiger partial charge in [-0.15, -0.1) is 0 Å². The third-order valence-electron chi connectivity index (χ3n) is 3.49. The Morgan fingerprint density at radius 2 is 1.94 bits per heavy atom. The van der Waals surface area contributed by atoms with Gasteiger partial charge >= 0.3 is 0 Å². The molecule has 0 fully saturated rings. The second-order valence-electron chi connectivity index (χ2n) is 5.19. The highest BCUT2D eigenvalue weighted by atomic mass is 15.1. The highest BCUT2D eigenvalue weighted by Gasteiger charge is 2.08. The molecule has 1 aromatic rings. The van der Waals surface area contributed by atoms with Crippen LogP contribution in [0.3, 0.4) is 0 Å². The quantitative estimate of drug-likeness (QED) is 0.759. The molecule has 102 valence electrons. The fourth-order valence-corrected chi connectivity index (χ4v) is 2.18. The van der Waals surface area contributed by atoms with Gasteiger partial charge in [0.25, 0.3) is 0 Å². The van der Waals surface area contributed by atoms with Gasteiger partial charge in [0.2, 0.25) is 0 Å². The molecule has 0 aliphatic rings. The highest BCUT2D eigenvalue weighted by Crippen LogP contribution is 2.11. The van der Waals surface area contributed by atoms with Crippen molar-refractivity contribution in [2.24, 2.45) is 5.92 Å². The molecule has 1 aromatic carbocycles. The van der Waals surface area contributed by atoms with Crippen LogP contribution in [0.5, 0.6) is 0 Å². The van der Waals surface area contributed by atoms with Crippen LogP contribution in [-0.2, 0) is 13.1 Å². The Morgan fingerprint density at radius 3 is 2.56 bits per heavy atom. The maximum Gasteiger partial charge on any atom is 0.0233 e. The zero-order valence-electron chi connectivity index (χ0n) is 12.4. The van der Waals surface area contributed by atoms with Gasteiger partial charge in [-0.05, 0) is 30.6 Å². The lowest BCUT2D eigenvalue weighted by Crippen LogP contribution is -2.27. The zero-order chi connectivity index (χ0) is 13.4. The van der Waals surface area contributed by atoms with Crippen LogP contribution in [0.2, 0.25) is 0 Å². The minimum Gasteiger partial charge on any atom is -0.316 e. The van der Waals surface area contributed by atoms with Crippen molar-refractivity contribution in [3.8, 4) is 0 Å². The number of rotatable bonds is 8. The average Bonchev–Trinajstić information content (AvgIpc) is 2.38. The molecule has 0 heterocycles. The monoisotopic (exact) mass is 248 g/mol. The molecule has 0 bridgehead atoms. The summed E-state index contributed by atoms with van der Waals surface area (Å²) in [5.41, 5.74) is 2.79. The van der Waals surface area contributed by atoms with E-state index in [4.69, 9.17) is 0 Å². The fraction of sp³-hybridized carbons (Fsp3) is 0.625. The van der Waals surface area contributed by atoms with E-state index in [-0.39, 0.29) is 0 Å². The van der Waals surface area contributed by atoms with Gasteiger partial charge in [0.15, 0.2) is 0 Å². The summed E-state index contributed by atoms with van der Waals surface area (Å²) in [6.07, 6.45) is 1.26. The second kappa shape index (κ2) is 8.28. The number of hydrogen-bond acceptors (Lipinski definition) is 2. The Morgan fingerprint density at radius 1 is 1.22 bits per heavy atom. The molecule has 0 aromatic heterocycles. The van der Waals surface area contributed by atoms with Gasteiger partial charge in [-0.25, -0.2) is 0 Å². The third-order valence-corrected chi connectivity index (χ3v) is 3.49. The molecular weight excluding hydrogens is 220 g/mol. The Labute approximate surface area is 112 Å². The van der Waals surface area contributed by atoms with Crippen molar-refractivity contribution < 1.29 is 0 Å². The Hall–Kier alpha value is -0.860. The lowest BCUT2D eigenvalue weighted by molar-refractivity contribution is 0.238. The van der Waals surface area contributed by atoms with Crippen LogP contribution in [0.1, 0.15) is 38.3 Å². The van der Waals surface area contributed by atoms with Gasteiger partial charge in [0, 0.05) is 19.6 Å². The number of hydrogen-bond donors (Lipinski definition) is 1. The molecule has 0 amide bonds. The van der Waals surface area contributed by atoms with Crippen LogP contribution >= 0.6 is 0 Å². The first kappa shape index (κ1) is 15.2. The van der Waals surface area contributed by atoms with E-state index in [1.807, 2.05) is 7.05 Å². The van der Waals surface area contributed by atoms with Crippen molar-refractivity contribution in [3.63, 3.8) is 0 Å². The van der Waals surface area contributed by atoms with E-state index < -0.39 is 0 Å². The van der Waals surface area contributed by atoms with Crippen molar-refractivity contribution >= 4 is 0 Å². The summed E-state index contributed by atoms with van der Waals surface area (Å²) in [6, 6.07) is 8.90. The average molecular weight is 248 g/mol. The van der Waals surface area contributed by atoms with Gasteiger partial charge in [0.05, 0.1) is 0 Å². The standard InChI is InChI=1S/C16H28N2/c1-5-14(3)12-18(6-2)13-16-9-7-8-15(10-16)11-17-4/h7-10,14,17H,5-6,11-13H2,1-4H3. The summed E-state index contributed by atoms with van der Waals surface area (Å²) in [5.74, 6) is 0.783. The molecule has 2 nitrogen and oxygen atoms in total. The van der Waals surface area contributed by atoms with E-state index in [0.29, 0.717) is 0 Å². The van der Waals surface area contributed by atoms with Crippen LogP contribution in [0.25, 0.3) is 0 Å². The molecule has 1 unspecified atom stereocenters. The first-order valence-electron chi connectivity index (χ1n) is 7.14. The van der Waals surface area contributed by atoms with Gasteiger partial charge in [-0.3, -0.25) is 4.90 Å². The smallest absolute Gasteiger partial charge is 0.0233 e. The summed E-state index contributed by atoms with van der Waals surface area (Å²) in [6.45, 7) is 11.2. The van der Waals surface area contributed by atoms with E-state index >= 15 is 0 Å². The van der Waals surface area contributed by atoms with Crippen molar-refractivity contribution in [2.75, 3.05) is 20.1 Å². The molecule has 1 rings (SSSR count). The van der Waals surface area contributed by atoms with Crippen LogP contribution in [0, 0.1) is 5.92 Å². The van der Waals surface area contributed by atoms with Crippen molar-refractivity contribution in [2.45, 2.75) is 40.3 Å². The van der Waals surface area contributed by atoms with Crippen molar-refractivity contribution in [1.29, 1.82) is 0 Å². The molecule has 2 heteroatoms. The number of benzene rings is 1. The normalized spacial score (nSPS) is 12.9. The minimum absolute atomic E-state index is 0.783. The third kappa shape index (κ3) is 5.19. The molecule has 0 aliphatic carbocycles. The predicted octanol–water partition coefficient (Wildman–Crippen LogP) is 3.27. The van der Waals surface area contributed by atoms with Gasteiger partial charge in [-0.2, -0.15) is 0 Å². The topological polar surface area (TPSA) is 15.3 Å². The van der Waals surface area contributed by atoms with E-state index in [0.717, 1.165) is 25.6 Å². The molecule has 1 N–H and O–H groups in total. The first-order valence-corrected chi connectivity index (χ1v) is 7.14. The summed E-state index contributed by atoms with van der Waals surface area (Å²) < 4.78 is 0. The molecule has 18 heavy (non-hydrogen) atoms. The summed E-state index contributed by atoms with van der Waals surface area (Å²) in [4.78, 5) is 2.53. The van der Waals surface area contributed by atoms with Crippen molar-refractivity contribution in [3.05, 3.63) is 35.4 Å². The van der Waals surface area contributed by atoms with E-state index in [1.165, 1.54) is 24.1 Å². The van der Waals surface area contributed by atoms with Crippen LogP contribution < -0.4 is 5.32 Å². The molecule has 0 spiro atoms. The van der Waals surface area contributed by atoms with Gasteiger partial charge in [0.1, 0.15) is 0 Å². The van der Waals surface area contributed by atoms with Crippen LogP contribution in [-0.4, -0.2) is 25.0 Å². The van der Waals surface area contributed by atoms with Crippen molar-refractivity contribution in [1.82, 2.24) is 10.2 Å². The number of nitrogens with one attached hydrogen (secondary N) is 1. The first-order chi connectivity index (χ1) is 8.69. The van der Waals surface area contributed by atoms with E-state index in [1.54, 1.807) is 0 Å². The summed E-state index contributed by atoms with van der Waals surface area (Å²) in [5, 5.41) is 3.21. The second-order valence-corrected chi connectivity index (χ2v) is 5.19. The van der Waals surface area contributed by atoms with E-state index in [2.05, 4.69) is 55.3 Å². The van der Waals surface area contributed by atoms with E-state index in [9.17, 15) is 0 Å². The summed E-state index contributed by atoms with van der Waals surface area (Å²) >= 11 is 0. The van der Waals surface area contributed by atoms with Crippen LogP contribution in [0.4, 0.5) is 0 Å². The predicted molar refractivity (Wildman–Crippen MR) is 79.6 cm³/mol. The lowest BCUT2D eigenvalue weighted by atomic mass is 10.1. The van der Waals surface area contributed by atoms with Gasteiger partial charge in [-0.1, -0.05) is 51.5 Å². The largest absolute Gasteiger partial charge is 0.316 e. The fourth-order valence-electron chi connectivity index (χ4n) is 2.18. The molecule has 1 atom stereocenters. The molecular formula is C16H28N2. The SMILES string of the molecule is CCC(C)CN(CC)Cc1cccc(CNC)c1.